The van der Waals surface area contributed by atoms with Crippen molar-refractivity contribution in [3.63, 3.8) is 0 Å². The maximum atomic E-state index is 13.5. The SMILES string of the molecule is CCOc1cc([C@H]2C3=C(C[C@@H](c4ccccc4)CC3=O)N=C(C)C2C#N)ccc1OC(C)=O. The van der Waals surface area contributed by atoms with Gasteiger partial charge in [0, 0.05) is 36.2 Å². The van der Waals surface area contributed by atoms with Crippen molar-refractivity contribution in [3.05, 3.63) is 70.9 Å². The fourth-order valence-corrected chi connectivity index (χ4v) is 4.77. The van der Waals surface area contributed by atoms with E-state index < -0.39 is 17.8 Å². The third-order valence-corrected chi connectivity index (χ3v) is 6.18. The van der Waals surface area contributed by atoms with Crippen LogP contribution in [0, 0.1) is 17.2 Å². The van der Waals surface area contributed by atoms with Gasteiger partial charge in [0.2, 0.25) is 0 Å². The molecular formula is C27H26N2O4. The van der Waals surface area contributed by atoms with Gasteiger partial charge in [-0.15, -0.1) is 0 Å². The third-order valence-electron chi connectivity index (χ3n) is 6.18. The van der Waals surface area contributed by atoms with Crippen LogP contribution in [0.15, 0.2) is 64.8 Å². The molecule has 6 nitrogen and oxygen atoms in total. The molecule has 0 N–H and O–H groups in total. The highest BCUT2D eigenvalue weighted by molar-refractivity contribution is 6.03. The Hall–Kier alpha value is -3.72. The van der Waals surface area contributed by atoms with E-state index in [1.54, 1.807) is 18.2 Å². The highest BCUT2D eigenvalue weighted by atomic mass is 16.6. The fourth-order valence-electron chi connectivity index (χ4n) is 4.77. The third kappa shape index (κ3) is 4.45. The van der Waals surface area contributed by atoms with Crippen molar-refractivity contribution in [2.45, 2.75) is 45.4 Å². The number of carbonyl (C=O) groups excluding carboxylic acids is 2. The van der Waals surface area contributed by atoms with Crippen LogP contribution in [0.3, 0.4) is 0 Å². The maximum absolute atomic E-state index is 13.5. The lowest BCUT2D eigenvalue weighted by atomic mass is 9.69. The first kappa shape index (κ1) is 22.5. The molecule has 0 saturated carbocycles. The molecule has 1 unspecified atom stereocenters. The van der Waals surface area contributed by atoms with Crippen LogP contribution in [0.5, 0.6) is 11.5 Å². The lowest BCUT2D eigenvalue weighted by Gasteiger charge is -2.35. The number of aliphatic imine (C=N–C) groups is 1. The Morgan fingerprint density at radius 1 is 1.12 bits per heavy atom. The number of carbonyl (C=O) groups is 2. The molecule has 33 heavy (non-hydrogen) atoms. The summed E-state index contributed by atoms with van der Waals surface area (Å²) >= 11 is 0. The molecule has 0 aromatic heterocycles. The Morgan fingerprint density at radius 3 is 2.55 bits per heavy atom. The normalized spacial score (nSPS) is 22.2. The van der Waals surface area contributed by atoms with Crippen LogP contribution in [-0.4, -0.2) is 24.1 Å². The lowest BCUT2D eigenvalue weighted by Crippen LogP contribution is -2.32. The van der Waals surface area contributed by atoms with E-state index in [-0.39, 0.29) is 11.7 Å². The average molecular weight is 443 g/mol. The highest BCUT2D eigenvalue weighted by Gasteiger charge is 2.41. The van der Waals surface area contributed by atoms with Crippen molar-refractivity contribution in [1.82, 2.24) is 0 Å². The lowest BCUT2D eigenvalue weighted by molar-refractivity contribution is -0.132. The van der Waals surface area contributed by atoms with Gasteiger partial charge < -0.3 is 9.47 Å². The summed E-state index contributed by atoms with van der Waals surface area (Å²) in [6.07, 6.45) is 1.04. The summed E-state index contributed by atoms with van der Waals surface area (Å²) in [6, 6.07) is 17.6. The van der Waals surface area contributed by atoms with Gasteiger partial charge in [-0.25, -0.2) is 0 Å². The van der Waals surface area contributed by atoms with Crippen molar-refractivity contribution in [3.8, 4) is 17.6 Å². The van der Waals surface area contributed by atoms with Gasteiger partial charge in [-0.2, -0.15) is 5.26 Å². The standard InChI is InChI=1S/C27H26N2O4/c1-4-32-25-14-19(10-11-24(25)33-17(3)30)26-21(15-28)16(2)29-22-12-20(13-23(31)27(22)26)18-8-6-5-7-9-18/h5-11,14,20-21,26H,4,12-13H2,1-3H3/t20-,21?,26-/m1/s1. The Labute approximate surface area is 193 Å². The second-order valence-electron chi connectivity index (χ2n) is 8.37. The van der Waals surface area contributed by atoms with Gasteiger partial charge in [-0.1, -0.05) is 36.4 Å². The number of hydrogen-bond acceptors (Lipinski definition) is 6. The minimum absolute atomic E-state index is 0.0219. The van der Waals surface area contributed by atoms with Gasteiger partial charge in [-0.05, 0) is 49.4 Å². The van der Waals surface area contributed by atoms with E-state index >= 15 is 0 Å². The second-order valence-corrected chi connectivity index (χ2v) is 8.37. The molecule has 0 amide bonds. The summed E-state index contributed by atoms with van der Waals surface area (Å²) in [5.41, 5.74) is 3.96. The molecule has 0 fully saturated rings. The molecule has 2 aromatic carbocycles. The first-order valence-corrected chi connectivity index (χ1v) is 11.1. The quantitative estimate of drug-likeness (QED) is 0.474. The van der Waals surface area contributed by atoms with Gasteiger partial charge >= 0.3 is 5.97 Å². The molecule has 3 atom stereocenters. The zero-order chi connectivity index (χ0) is 23.5. The van der Waals surface area contributed by atoms with Gasteiger partial charge in [-0.3, -0.25) is 14.6 Å². The van der Waals surface area contributed by atoms with Crippen LogP contribution in [0.2, 0.25) is 0 Å². The zero-order valence-electron chi connectivity index (χ0n) is 19.0. The Kier molecular flexibility index (Phi) is 6.41. The van der Waals surface area contributed by atoms with Crippen molar-refractivity contribution < 1.29 is 19.1 Å². The van der Waals surface area contributed by atoms with Crippen LogP contribution in [-0.2, 0) is 9.59 Å². The number of nitrogens with zero attached hydrogens (tertiary/aromatic N) is 2. The molecule has 4 rings (SSSR count). The number of allylic oxidation sites excluding steroid dienone is 2. The number of ketones is 1. The summed E-state index contributed by atoms with van der Waals surface area (Å²) < 4.78 is 11.0. The van der Waals surface area contributed by atoms with Crippen LogP contribution in [0.4, 0.5) is 0 Å². The number of esters is 1. The van der Waals surface area contributed by atoms with Crippen LogP contribution in [0.1, 0.15) is 56.6 Å². The maximum Gasteiger partial charge on any atom is 0.308 e. The minimum atomic E-state index is -0.560. The summed E-state index contributed by atoms with van der Waals surface area (Å²) in [5.74, 6) is -0.635. The topological polar surface area (TPSA) is 88.8 Å². The molecule has 0 spiro atoms. The van der Waals surface area contributed by atoms with Crippen LogP contribution in [0.25, 0.3) is 0 Å². The molecule has 6 heteroatoms. The predicted octanol–water partition coefficient (Wildman–Crippen LogP) is 5.11. The number of ether oxygens (including phenoxy) is 2. The fraction of sp³-hybridized carbons (Fsp3) is 0.333. The molecule has 2 aromatic rings. The molecule has 0 radical (unpaired) electrons. The van der Waals surface area contributed by atoms with Gasteiger partial charge in [0.15, 0.2) is 17.3 Å². The number of hydrogen-bond donors (Lipinski definition) is 0. The van der Waals surface area contributed by atoms with Crippen molar-refractivity contribution >= 4 is 17.5 Å². The Balaban J connectivity index is 1.79. The van der Waals surface area contributed by atoms with Crippen LogP contribution < -0.4 is 9.47 Å². The van der Waals surface area contributed by atoms with E-state index in [0.717, 1.165) is 16.8 Å². The minimum Gasteiger partial charge on any atom is -0.490 e. The summed E-state index contributed by atoms with van der Waals surface area (Å²) in [4.78, 5) is 29.7. The highest BCUT2D eigenvalue weighted by Crippen LogP contribution is 2.47. The number of nitriles is 1. The molecule has 1 aliphatic carbocycles. The van der Waals surface area contributed by atoms with E-state index in [1.807, 2.05) is 44.2 Å². The van der Waals surface area contributed by atoms with E-state index in [9.17, 15) is 14.9 Å². The molecule has 2 aliphatic rings. The Morgan fingerprint density at radius 2 is 1.88 bits per heavy atom. The van der Waals surface area contributed by atoms with E-state index in [0.29, 0.717) is 42.2 Å². The molecule has 168 valence electrons. The van der Waals surface area contributed by atoms with Gasteiger partial charge in [0.25, 0.3) is 0 Å². The second kappa shape index (κ2) is 9.41. The monoisotopic (exact) mass is 442 g/mol. The number of benzene rings is 2. The summed E-state index contributed by atoms with van der Waals surface area (Å²) in [7, 11) is 0. The summed E-state index contributed by atoms with van der Waals surface area (Å²) in [5, 5.41) is 9.98. The molecule has 0 saturated heterocycles. The summed E-state index contributed by atoms with van der Waals surface area (Å²) in [6.45, 7) is 5.40. The molecule has 0 bridgehead atoms. The van der Waals surface area contributed by atoms with Crippen molar-refractivity contribution in [1.29, 1.82) is 5.26 Å². The Bertz CT molecular complexity index is 1190. The van der Waals surface area contributed by atoms with Crippen molar-refractivity contribution in [2.24, 2.45) is 10.9 Å². The van der Waals surface area contributed by atoms with Crippen LogP contribution >= 0.6 is 0 Å². The predicted molar refractivity (Wildman–Crippen MR) is 124 cm³/mol. The molecular weight excluding hydrogens is 416 g/mol. The van der Waals surface area contributed by atoms with E-state index in [4.69, 9.17) is 14.5 Å². The largest absolute Gasteiger partial charge is 0.490 e. The molecule has 1 heterocycles. The van der Waals surface area contributed by atoms with Gasteiger partial charge in [0.1, 0.15) is 0 Å². The van der Waals surface area contributed by atoms with Gasteiger partial charge in [0.05, 0.1) is 18.6 Å². The number of Topliss-reactive ketones (excluding diaryl/α,β-unsaturated/α-hetero) is 1. The van der Waals surface area contributed by atoms with E-state index in [2.05, 4.69) is 6.07 Å². The average Bonchev–Trinajstić information content (AvgIpc) is 2.79. The van der Waals surface area contributed by atoms with E-state index in [1.165, 1.54) is 6.92 Å². The molecule has 1 aliphatic heterocycles. The zero-order valence-corrected chi connectivity index (χ0v) is 19.0. The first-order valence-electron chi connectivity index (χ1n) is 11.1. The van der Waals surface area contributed by atoms with Crippen molar-refractivity contribution in [2.75, 3.05) is 6.61 Å². The smallest absolute Gasteiger partial charge is 0.308 e. The number of rotatable bonds is 5. The first-order chi connectivity index (χ1) is 15.9.